The third-order valence-electron chi connectivity index (χ3n) is 5.32. The number of ether oxygens (including phenoxy) is 1. The number of carbonyl (C=O) groups is 1. The van der Waals surface area contributed by atoms with E-state index >= 15 is 0 Å². The highest BCUT2D eigenvalue weighted by Crippen LogP contribution is 2.34. The molecule has 4 rings (SSSR count). The van der Waals surface area contributed by atoms with Crippen molar-refractivity contribution in [1.82, 2.24) is 14.3 Å². The zero-order valence-corrected chi connectivity index (χ0v) is 19.5. The Hall–Kier alpha value is -2.23. The molecule has 9 heteroatoms. The van der Waals surface area contributed by atoms with Crippen LogP contribution in [0.15, 0.2) is 28.0 Å². The summed E-state index contributed by atoms with van der Waals surface area (Å²) in [5.74, 6) is 0.668. The third kappa shape index (κ3) is 4.53. The SMILES string of the molecule is Cc1cccn2c(=O)c(/C=C3\SC(=S)N(C[C@@H]4CCCO4)C3=O)c(NCC(C)C)nc12. The first-order chi connectivity index (χ1) is 14.8. The third-order valence-corrected chi connectivity index (χ3v) is 6.70. The predicted molar refractivity (Wildman–Crippen MR) is 128 cm³/mol. The van der Waals surface area contributed by atoms with Gasteiger partial charge in [0.25, 0.3) is 11.5 Å². The van der Waals surface area contributed by atoms with Crippen LogP contribution in [0.3, 0.4) is 0 Å². The monoisotopic (exact) mass is 458 g/mol. The number of aryl methyl sites for hydroxylation is 1. The Morgan fingerprint density at radius 3 is 2.94 bits per heavy atom. The molecule has 0 bridgehead atoms. The number of anilines is 1. The molecule has 0 unspecified atom stereocenters. The summed E-state index contributed by atoms with van der Waals surface area (Å²) in [5.41, 5.74) is 1.65. The van der Waals surface area contributed by atoms with E-state index in [1.807, 2.05) is 19.1 Å². The van der Waals surface area contributed by atoms with Crippen LogP contribution in [-0.2, 0) is 9.53 Å². The van der Waals surface area contributed by atoms with Gasteiger partial charge in [-0.15, -0.1) is 0 Å². The van der Waals surface area contributed by atoms with Crippen LogP contribution in [0.4, 0.5) is 5.82 Å². The van der Waals surface area contributed by atoms with Gasteiger partial charge >= 0.3 is 0 Å². The van der Waals surface area contributed by atoms with Crippen molar-refractivity contribution in [2.45, 2.75) is 39.7 Å². The molecular formula is C22H26N4O3S2. The molecule has 7 nitrogen and oxygen atoms in total. The van der Waals surface area contributed by atoms with Crippen molar-refractivity contribution in [2.75, 3.05) is 25.0 Å². The van der Waals surface area contributed by atoms with E-state index in [4.69, 9.17) is 21.9 Å². The van der Waals surface area contributed by atoms with Crippen LogP contribution in [-0.4, -0.2) is 50.3 Å². The summed E-state index contributed by atoms with van der Waals surface area (Å²) in [6, 6.07) is 3.74. The minimum atomic E-state index is -0.218. The van der Waals surface area contributed by atoms with Gasteiger partial charge in [-0.05, 0) is 43.4 Å². The molecule has 2 aliphatic rings. The van der Waals surface area contributed by atoms with E-state index in [-0.39, 0.29) is 17.6 Å². The molecule has 2 saturated heterocycles. The average molecular weight is 459 g/mol. The molecule has 2 aromatic heterocycles. The standard InChI is InChI=1S/C22H26N4O3S2/c1-13(2)11-23-18-16(20(27)25-8-4-6-14(3)19(25)24-18)10-17-21(28)26(22(30)31-17)12-15-7-5-9-29-15/h4,6,8,10,13,15,23H,5,7,9,11-12H2,1-3H3/b17-10-/t15-/m0/s1. The molecule has 1 atom stereocenters. The van der Waals surface area contributed by atoms with Crippen molar-refractivity contribution >= 4 is 51.7 Å². The van der Waals surface area contributed by atoms with Gasteiger partial charge in [0.15, 0.2) is 0 Å². The number of fused-ring (bicyclic) bond motifs is 1. The van der Waals surface area contributed by atoms with Gasteiger partial charge in [-0.25, -0.2) is 4.98 Å². The van der Waals surface area contributed by atoms with Gasteiger partial charge in [0, 0.05) is 19.3 Å². The molecule has 2 fully saturated rings. The van der Waals surface area contributed by atoms with Crippen molar-refractivity contribution in [3.63, 3.8) is 0 Å². The maximum atomic E-state index is 13.3. The number of hydrogen-bond acceptors (Lipinski definition) is 7. The Bertz CT molecular complexity index is 1120. The minimum absolute atomic E-state index is 0.0149. The quantitative estimate of drug-likeness (QED) is 0.525. The lowest BCUT2D eigenvalue weighted by atomic mass is 10.2. The number of amides is 1. The van der Waals surface area contributed by atoms with E-state index in [0.717, 1.165) is 25.0 Å². The van der Waals surface area contributed by atoms with Crippen LogP contribution in [0.25, 0.3) is 11.7 Å². The Morgan fingerprint density at radius 2 is 2.23 bits per heavy atom. The van der Waals surface area contributed by atoms with Crippen LogP contribution in [0.5, 0.6) is 0 Å². The van der Waals surface area contributed by atoms with Gasteiger partial charge in [0.05, 0.1) is 23.1 Å². The molecular weight excluding hydrogens is 432 g/mol. The molecule has 0 spiro atoms. The van der Waals surface area contributed by atoms with Crippen LogP contribution in [0, 0.1) is 12.8 Å². The smallest absolute Gasteiger partial charge is 0.267 e. The topological polar surface area (TPSA) is 75.9 Å². The second kappa shape index (κ2) is 9.10. The van der Waals surface area contributed by atoms with Crippen molar-refractivity contribution in [3.05, 3.63) is 44.7 Å². The molecule has 0 radical (unpaired) electrons. The first kappa shape index (κ1) is 22.0. The van der Waals surface area contributed by atoms with E-state index in [1.165, 1.54) is 16.2 Å². The zero-order chi connectivity index (χ0) is 22.1. The van der Waals surface area contributed by atoms with Gasteiger partial charge in [0.1, 0.15) is 15.8 Å². The van der Waals surface area contributed by atoms with E-state index in [2.05, 4.69) is 19.2 Å². The van der Waals surface area contributed by atoms with Crippen LogP contribution < -0.4 is 10.9 Å². The zero-order valence-electron chi connectivity index (χ0n) is 17.9. The average Bonchev–Trinajstić information content (AvgIpc) is 3.33. The lowest BCUT2D eigenvalue weighted by Gasteiger charge is -2.18. The highest BCUT2D eigenvalue weighted by Gasteiger charge is 2.35. The summed E-state index contributed by atoms with van der Waals surface area (Å²) in [4.78, 5) is 33.1. The summed E-state index contributed by atoms with van der Waals surface area (Å²) in [7, 11) is 0. The normalized spacial score (nSPS) is 20.6. The molecule has 2 aromatic rings. The van der Waals surface area contributed by atoms with Crippen molar-refractivity contribution in [2.24, 2.45) is 5.92 Å². The summed E-state index contributed by atoms with van der Waals surface area (Å²) in [6.45, 7) is 7.93. The maximum Gasteiger partial charge on any atom is 0.267 e. The molecule has 1 N–H and O–H groups in total. The van der Waals surface area contributed by atoms with Gasteiger partial charge in [-0.1, -0.05) is 43.9 Å². The number of hydrogen-bond donors (Lipinski definition) is 1. The Balaban J connectivity index is 1.74. The number of thiocarbonyl (C=S) groups is 1. The lowest BCUT2D eigenvalue weighted by Crippen LogP contribution is -2.35. The highest BCUT2D eigenvalue weighted by molar-refractivity contribution is 8.26. The number of rotatable bonds is 6. The predicted octanol–water partition coefficient (Wildman–Crippen LogP) is 3.45. The number of nitrogens with zero attached hydrogens (tertiary/aromatic N) is 3. The van der Waals surface area contributed by atoms with Gasteiger partial charge in [-0.3, -0.25) is 18.9 Å². The van der Waals surface area contributed by atoms with Gasteiger partial charge in [-0.2, -0.15) is 0 Å². The Morgan fingerprint density at radius 1 is 1.42 bits per heavy atom. The van der Waals surface area contributed by atoms with E-state index in [1.54, 1.807) is 17.2 Å². The Labute approximate surface area is 190 Å². The molecule has 0 saturated carbocycles. The first-order valence-corrected chi connectivity index (χ1v) is 11.7. The number of thioether (sulfide) groups is 1. The van der Waals surface area contributed by atoms with E-state index in [9.17, 15) is 9.59 Å². The van der Waals surface area contributed by atoms with Crippen molar-refractivity contribution in [1.29, 1.82) is 0 Å². The highest BCUT2D eigenvalue weighted by atomic mass is 32.2. The fourth-order valence-electron chi connectivity index (χ4n) is 3.66. The molecule has 4 heterocycles. The largest absolute Gasteiger partial charge is 0.376 e. The molecule has 0 aliphatic carbocycles. The minimum Gasteiger partial charge on any atom is -0.376 e. The summed E-state index contributed by atoms with van der Waals surface area (Å²) in [6.07, 6.45) is 5.26. The molecule has 2 aliphatic heterocycles. The summed E-state index contributed by atoms with van der Waals surface area (Å²) >= 11 is 6.67. The van der Waals surface area contributed by atoms with E-state index < -0.39 is 0 Å². The molecule has 164 valence electrons. The first-order valence-electron chi connectivity index (χ1n) is 10.5. The number of pyridine rings is 1. The number of aromatic nitrogens is 2. The Kier molecular flexibility index (Phi) is 6.45. The van der Waals surface area contributed by atoms with Gasteiger partial charge < -0.3 is 10.1 Å². The second-order valence-corrected chi connectivity index (χ2v) is 9.94. The van der Waals surface area contributed by atoms with Crippen molar-refractivity contribution < 1.29 is 9.53 Å². The molecule has 1 amide bonds. The molecule has 31 heavy (non-hydrogen) atoms. The number of carbonyl (C=O) groups excluding carboxylic acids is 1. The van der Waals surface area contributed by atoms with Gasteiger partial charge in [0.2, 0.25) is 0 Å². The maximum absolute atomic E-state index is 13.3. The van der Waals surface area contributed by atoms with Crippen LogP contribution in [0.1, 0.15) is 37.8 Å². The summed E-state index contributed by atoms with van der Waals surface area (Å²) < 4.78 is 7.68. The lowest BCUT2D eigenvalue weighted by molar-refractivity contribution is -0.123. The number of nitrogens with one attached hydrogen (secondary N) is 1. The van der Waals surface area contributed by atoms with Crippen LogP contribution in [0.2, 0.25) is 0 Å². The van der Waals surface area contributed by atoms with Crippen LogP contribution >= 0.6 is 24.0 Å². The fraction of sp³-hybridized carbons (Fsp3) is 0.455. The fourth-order valence-corrected chi connectivity index (χ4v) is 4.91. The van der Waals surface area contributed by atoms with Crippen molar-refractivity contribution in [3.8, 4) is 0 Å². The second-order valence-electron chi connectivity index (χ2n) is 8.27. The van der Waals surface area contributed by atoms with E-state index in [0.29, 0.717) is 45.3 Å². The molecule has 0 aromatic carbocycles. The summed E-state index contributed by atoms with van der Waals surface area (Å²) in [5, 5.41) is 3.29.